The van der Waals surface area contributed by atoms with Gasteiger partial charge in [0.1, 0.15) is 10.6 Å². The van der Waals surface area contributed by atoms with Gasteiger partial charge in [0.15, 0.2) is 5.76 Å². The van der Waals surface area contributed by atoms with Crippen LogP contribution in [0.2, 0.25) is 0 Å². The van der Waals surface area contributed by atoms with Crippen molar-refractivity contribution in [3.05, 3.63) is 77.2 Å². The van der Waals surface area contributed by atoms with Crippen LogP contribution in [-0.4, -0.2) is 32.9 Å². The van der Waals surface area contributed by atoms with E-state index in [1.54, 1.807) is 41.3 Å². The molecule has 1 aliphatic rings. The normalized spacial score (nSPS) is 13.5. The van der Waals surface area contributed by atoms with Crippen molar-refractivity contribution in [3.8, 4) is 5.75 Å². The van der Waals surface area contributed by atoms with Crippen LogP contribution in [0.3, 0.4) is 0 Å². The first kappa shape index (κ1) is 21.0. The van der Waals surface area contributed by atoms with E-state index in [9.17, 15) is 13.2 Å². The fraction of sp³-hybridized carbons (Fsp3) is 0.261. The lowest BCUT2D eigenvalue weighted by Crippen LogP contribution is -2.35. The summed E-state index contributed by atoms with van der Waals surface area (Å²) in [6, 6.07) is 13.9. The van der Waals surface area contributed by atoms with E-state index in [-0.39, 0.29) is 16.6 Å². The molecule has 7 nitrogen and oxygen atoms in total. The number of anilines is 1. The van der Waals surface area contributed by atoms with Gasteiger partial charge in [-0.15, -0.1) is 0 Å². The molecule has 0 unspecified atom stereocenters. The van der Waals surface area contributed by atoms with Gasteiger partial charge in [0.05, 0.1) is 13.4 Å². The molecular formula is C23H24N2O5S. The fourth-order valence-corrected chi connectivity index (χ4v) is 4.98. The Hall–Kier alpha value is -3.26. The van der Waals surface area contributed by atoms with Crippen molar-refractivity contribution in [2.24, 2.45) is 0 Å². The average Bonchev–Trinajstić information content (AvgIpc) is 3.32. The number of rotatable bonds is 6. The minimum Gasteiger partial charge on any atom is -0.495 e. The zero-order chi connectivity index (χ0) is 22.0. The van der Waals surface area contributed by atoms with Gasteiger partial charge in [-0.1, -0.05) is 19.1 Å². The maximum absolute atomic E-state index is 13.1. The van der Waals surface area contributed by atoms with Crippen LogP contribution in [0.5, 0.6) is 5.75 Å². The number of carbonyl (C=O) groups excluding carboxylic acids is 1. The van der Waals surface area contributed by atoms with Crippen LogP contribution in [0.25, 0.3) is 0 Å². The largest absolute Gasteiger partial charge is 0.495 e. The lowest BCUT2D eigenvalue weighted by Gasteiger charge is -2.28. The predicted molar refractivity (Wildman–Crippen MR) is 117 cm³/mol. The van der Waals surface area contributed by atoms with Gasteiger partial charge in [-0.05, 0) is 65.9 Å². The summed E-state index contributed by atoms with van der Waals surface area (Å²) in [6.07, 6.45) is 2.88. The van der Waals surface area contributed by atoms with Crippen molar-refractivity contribution in [3.63, 3.8) is 0 Å². The third-order valence-corrected chi connectivity index (χ3v) is 6.82. The minimum atomic E-state index is -3.85. The average molecular weight is 441 g/mol. The smallest absolute Gasteiger partial charge is 0.289 e. The number of ether oxygens (including phenoxy) is 1. The van der Waals surface area contributed by atoms with Crippen LogP contribution < -0.4 is 9.46 Å². The molecule has 0 bridgehead atoms. The monoisotopic (exact) mass is 440 g/mol. The number of amides is 1. The maximum atomic E-state index is 13.1. The summed E-state index contributed by atoms with van der Waals surface area (Å²) >= 11 is 0. The van der Waals surface area contributed by atoms with Gasteiger partial charge >= 0.3 is 0 Å². The molecule has 8 heteroatoms. The summed E-state index contributed by atoms with van der Waals surface area (Å²) in [4.78, 5) is 14.4. The van der Waals surface area contributed by atoms with Gasteiger partial charge in [-0.3, -0.25) is 9.52 Å². The van der Waals surface area contributed by atoms with Gasteiger partial charge in [-0.2, -0.15) is 0 Å². The molecule has 4 rings (SSSR count). The van der Waals surface area contributed by atoms with Gasteiger partial charge in [0, 0.05) is 18.8 Å². The second-order valence-electron chi connectivity index (χ2n) is 7.38. The van der Waals surface area contributed by atoms with E-state index in [4.69, 9.17) is 9.15 Å². The molecule has 2 heterocycles. The summed E-state index contributed by atoms with van der Waals surface area (Å²) < 4.78 is 39.3. The Morgan fingerprint density at radius 3 is 2.71 bits per heavy atom. The van der Waals surface area contributed by atoms with Gasteiger partial charge < -0.3 is 14.1 Å². The number of hydrogen-bond acceptors (Lipinski definition) is 5. The van der Waals surface area contributed by atoms with E-state index < -0.39 is 10.0 Å². The van der Waals surface area contributed by atoms with E-state index in [0.29, 0.717) is 37.4 Å². The van der Waals surface area contributed by atoms with E-state index in [1.165, 1.54) is 13.4 Å². The molecule has 31 heavy (non-hydrogen) atoms. The van der Waals surface area contributed by atoms with E-state index in [1.807, 2.05) is 19.1 Å². The zero-order valence-corrected chi connectivity index (χ0v) is 18.2. The van der Waals surface area contributed by atoms with E-state index in [0.717, 1.165) is 16.7 Å². The number of aryl methyl sites for hydroxylation is 1. The van der Waals surface area contributed by atoms with Gasteiger partial charge in [-0.25, -0.2) is 8.42 Å². The van der Waals surface area contributed by atoms with Gasteiger partial charge in [0.25, 0.3) is 15.9 Å². The van der Waals surface area contributed by atoms with Crippen LogP contribution in [0.4, 0.5) is 5.69 Å². The van der Waals surface area contributed by atoms with Crippen molar-refractivity contribution in [2.75, 3.05) is 18.4 Å². The quantitative estimate of drug-likeness (QED) is 0.629. The Labute approximate surface area is 181 Å². The Kier molecular flexibility index (Phi) is 5.73. The molecule has 0 radical (unpaired) electrons. The highest BCUT2D eigenvalue weighted by molar-refractivity contribution is 7.92. The molecule has 162 valence electrons. The van der Waals surface area contributed by atoms with Crippen molar-refractivity contribution in [2.45, 2.75) is 31.2 Å². The summed E-state index contributed by atoms with van der Waals surface area (Å²) in [7, 11) is -2.40. The Balaban J connectivity index is 1.59. The number of nitrogens with zero attached hydrogens (tertiary/aromatic N) is 1. The molecule has 0 fully saturated rings. The van der Waals surface area contributed by atoms with Crippen molar-refractivity contribution in [1.29, 1.82) is 0 Å². The maximum Gasteiger partial charge on any atom is 0.289 e. The number of carbonyl (C=O) groups is 1. The number of hydrogen-bond donors (Lipinski definition) is 1. The Bertz CT molecular complexity index is 1200. The van der Waals surface area contributed by atoms with Crippen molar-refractivity contribution < 1.29 is 22.4 Å². The molecule has 0 aliphatic carbocycles. The number of sulfonamides is 1. The van der Waals surface area contributed by atoms with Crippen molar-refractivity contribution >= 4 is 21.6 Å². The van der Waals surface area contributed by atoms with Crippen LogP contribution in [0.15, 0.2) is 64.1 Å². The van der Waals surface area contributed by atoms with Crippen LogP contribution >= 0.6 is 0 Å². The second-order valence-corrected chi connectivity index (χ2v) is 9.03. The molecule has 2 aromatic carbocycles. The second kappa shape index (κ2) is 8.47. The minimum absolute atomic E-state index is 0.0988. The molecule has 0 atom stereocenters. The first-order chi connectivity index (χ1) is 14.9. The Morgan fingerprint density at radius 1 is 1.16 bits per heavy atom. The highest BCUT2D eigenvalue weighted by Gasteiger charge is 2.25. The molecule has 0 saturated heterocycles. The predicted octanol–water partition coefficient (Wildman–Crippen LogP) is 3.85. The molecule has 1 amide bonds. The number of methoxy groups -OCH3 is 1. The fourth-order valence-electron chi connectivity index (χ4n) is 3.71. The standard InChI is InChI=1S/C23H24N2O5S/c1-3-16-6-9-20(29-2)22(13-16)31(27,28)24-19-8-7-17-10-11-25(15-18(17)14-19)23(26)21-5-4-12-30-21/h4-9,12-14,24H,3,10-11,15H2,1-2H3. The highest BCUT2D eigenvalue weighted by atomic mass is 32.2. The summed E-state index contributed by atoms with van der Waals surface area (Å²) in [5.74, 6) is 0.406. The summed E-state index contributed by atoms with van der Waals surface area (Å²) in [5, 5.41) is 0. The third kappa shape index (κ3) is 4.29. The number of fused-ring (bicyclic) bond motifs is 1. The van der Waals surface area contributed by atoms with E-state index in [2.05, 4.69) is 4.72 Å². The van der Waals surface area contributed by atoms with Crippen LogP contribution in [0.1, 0.15) is 34.2 Å². The topological polar surface area (TPSA) is 88.9 Å². The van der Waals surface area contributed by atoms with E-state index >= 15 is 0 Å². The van der Waals surface area contributed by atoms with Crippen molar-refractivity contribution in [1.82, 2.24) is 4.90 Å². The molecule has 3 aromatic rings. The number of nitrogens with one attached hydrogen (secondary N) is 1. The summed E-state index contributed by atoms with van der Waals surface area (Å²) in [5.41, 5.74) is 3.34. The van der Waals surface area contributed by atoms with Crippen LogP contribution in [0, 0.1) is 0 Å². The molecule has 1 N–H and O–H groups in total. The number of benzene rings is 2. The molecule has 1 aliphatic heterocycles. The lowest BCUT2D eigenvalue weighted by molar-refractivity contribution is 0.0702. The first-order valence-corrected chi connectivity index (χ1v) is 11.5. The molecule has 0 spiro atoms. The van der Waals surface area contributed by atoms with Crippen LogP contribution in [-0.2, 0) is 29.4 Å². The molecule has 0 saturated carbocycles. The third-order valence-electron chi connectivity index (χ3n) is 5.42. The highest BCUT2D eigenvalue weighted by Crippen LogP contribution is 2.29. The summed E-state index contributed by atoms with van der Waals surface area (Å²) in [6.45, 7) is 2.93. The Morgan fingerprint density at radius 2 is 2.00 bits per heavy atom. The first-order valence-electron chi connectivity index (χ1n) is 10.1. The molecule has 1 aromatic heterocycles. The van der Waals surface area contributed by atoms with Gasteiger partial charge in [0.2, 0.25) is 0 Å². The zero-order valence-electron chi connectivity index (χ0n) is 17.4. The number of furan rings is 1. The molecular weight excluding hydrogens is 416 g/mol. The SMILES string of the molecule is CCc1ccc(OC)c(S(=O)(=O)Nc2ccc3c(c2)CN(C(=O)c2ccco2)CC3)c1. The lowest BCUT2D eigenvalue weighted by atomic mass is 9.99.